The van der Waals surface area contributed by atoms with Gasteiger partial charge in [0.25, 0.3) is 5.78 Å². The fraction of sp³-hybridized carbons (Fsp3) is 0.273. The summed E-state index contributed by atoms with van der Waals surface area (Å²) in [7, 11) is 0. The zero-order valence-electron chi connectivity index (χ0n) is 23.9. The van der Waals surface area contributed by atoms with Crippen molar-refractivity contribution < 1.29 is 24.2 Å². The van der Waals surface area contributed by atoms with Crippen molar-refractivity contribution >= 4 is 45.7 Å². The summed E-state index contributed by atoms with van der Waals surface area (Å²) in [5, 5.41) is 20.6. The van der Waals surface area contributed by atoms with E-state index in [1.165, 1.54) is 28.0 Å². The topological polar surface area (TPSA) is 102 Å². The number of aliphatic hydroxyl groups is 1. The van der Waals surface area contributed by atoms with Crippen LogP contribution >= 0.6 is 23.1 Å². The van der Waals surface area contributed by atoms with Crippen LogP contribution in [0, 0.1) is 0 Å². The number of carbonyl (C=O) groups is 2. The third kappa shape index (κ3) is 6.03. The number of ether oxygens (including phenoxy) is 2. The molecule has 3 heterocycles. The molecule has 2 unspecified atom stereocenters. The minimum absolute atomic E-state index is 0.00342. The maximum Gasteiger partial charge on any atom is 0.301 e. The molecule has 1 aromatic heterocycles. The number of rotatable bonds is 10. The second kappa shape index (κ2) is 12.6. The van der Waals surface area contributed by atoms with Crippen molar-refractivity contribution in [3.63, 3.8) is 0 Å². The summed E-state index contributed by atoms with van der Waals surface area (Å²) in [6.45, 7) is 4.62. The van der Waals surface area contributed by atoms with Gasteiger partial charge in [0.1, 0.15) is 23.4 Å². The summed E-state index contributed by atoms with van der Waals surface area (Å²) < 4.78 is 12.4. The Bertz CT molecular complexity index is 1690. The van der Waals surface area contributed by atoms with Crippen molar-refractivity contribution in [3.05, 3.63) is 101 Å². The lowest BCUT2D eigenvalue weighted by Crippen LogP contribution is -2.29. The largest absolute Gasteiger partial charge is 0.507 e. The van der Waals surface area contributed by atoms with Gasteiger partial charge in [-0.1, -0.05) is 78.9 Å². The second-order valence-corrected chi connectivity index (χ2v) is 12.7. The Hall–Kier alpha value is -4.15. The molecule has 2 aliphatic rings. The zero-order valence-corrected chi connectivity index (χ0v) is 25.5. The normalized spacial score (nSPS) is 19.0. The van der Waals surface area contributed by atoms with E-state index in [9.17, 15) is 14.7 Å². The van der Waals surface area contributed by atoms with Crippen LogP contribution in [0.25, 0.3) is 5.76 Å². The van der Waals surface area contributed by atoms with Crippen molar-refractivity contribution in [2.24, 2.45) is 0 Å². The number of benzene rings is 3. The molecule has 43 heavy (non-hydrogen) atoms. The van der Waals surface area contributed by atoms with Crippen LogP contribution in [-0.4, -0.2) is 39.7 Å². The van der Waals surface area contributed by atoms with Crippen molar-refractivity contribution in [2.75, 3.05) is 11.5 Å². The molecule has 0 aliphatic carbocycles. The smallest absolute Gasteiger partial charge is 0.301 e. The van der Waals surface area contributed by atoms with Crippen LogP contribution in [0.4, 0.5) is 5.13 Å². The number of nitrogens with zero attached hydrogens (tertiary/aromatic N) is 3. The molecule has 1 N–H and O–H groups in total. The second-order valence-electron chi connectivity index (χ2n) is 10.5. The highest BCUT2D eigenvalue weighted by Gasteiger charge is 2.48. The van der Waals surface area contributed by atoms with Crippen LogP contribution in [-0.2, 0) is 21.8 Å². The first kappa shape index (κ1) is 28.9. The summed E-state index contributed by atoms with van der Waals surface area (Å²) >= 11 is 2.75. The number of hydrogen-bond acceptors (Lipinski definition) is 9. The van der Waals surface area contributed by atoms with E-state index in [-0.39, 0.29) is 22.6 Å². The Kier molecular flexibility index (Phi) is 8.49. The van der Waals surface area contributed by atoms with E-state index in [1.54, 1.807) is 12.1 Å². The fourth-order valence-corrected chi connectivity index (χ4v) is 7.08. The fourth-order valence-electron chi connectivity index (χ4n) is 5.26. The lowest BCUT2D eigenvalue weighted by atomic mass is 9.94. The quantitative estimate of drug-likeness (QED) is 0.0512. The molecule has 10 heteroatoms. The van der Waals surface area contributed by atoms with Crippen LogP contribution in [0.3, 0.4) is 0 Å². The Morgan fingerprint density at radius 1 is 1.09 bits per heavy atom. The monoisotopic (exact) mass is 613 g/mol. The molecule has 220 valence electrons. The summed E-state index contributed by atoms with van der Waals surface area (Å²) in [4.78, 5) is 28.7. The lowest BCUT2D eigenvalue weighted by molar-refractivity contribution is -0.132. The highest BCUT2D eigenvalue weighted by atomic mass is 32.2. The summed E-state index contributed by atoms with van der Waals surface area (Å²) in [5.74, 6) is 0.282. The van der Waals surface area contributed by atoms with Crippen molar-refractivity contribution in [2.45, 2.75) is 55.3 Å². The Labute approximate surface area is 258 Å². The Morgan fingerprint density at radius 3 is 2.74 bits per heavy atom. The molecule has 1 amide bonds. The van der Waals surface area contributed by atoms with E-state index in [1.807, 2.05) is 67.6 Å². The highest BCUT2D eigenvalue weighted by Crippen LogP contribution is 2.45. The predicted octanol–water partition coefficient (Wildman–Crippen LogP) is 6.96. The van der Waals surface area contributed by atoms with Gasteiger partial charge in [0.05, 0.1) is 18.2 Å². The zero-order chi connectivity index (χ0) is 29.9. The van der Waals surface area contributed by atoms with Gasteiger partial charge >= 0.3 is 5.91 Å². The number of aliphatic hydroxyl groups excluding tert-OH is 1. The molecule has 2 atom stereocenters. The van der Waals surface area contributed by atoms with Crippen molar-refractivity contribution in [1.82, 2.24) is 10.2 Å². The van der Waals surface area contributed by atoms with Crippen LogP contribution < -0.4 is 14.4 Å². The number of Topliss-reactive ketones (excluding diaryl/α,β-unsaturated/α-hetero) is 1. The molecule has 8 nitrogen and oxygen atoms in total. The van der Waals surface area contributed by atoms with Gasteiger partial charge in [0, 0.05) is 17.7 Å². The van der Waals surface area contributed by atoms with Gasteiger partial charge in [-0.25, -0.2) is 0 Å². The van der Waals surface area contributed by atoms with Crippen LogP contribution in [0.5, 0.6) is 11.5 Å². The van der Waals surface area contributed by atoms with E-state index >= 15 is 0 Å². The van der Waals surface area contributed by atoms with E-state index in [0.717, 1.165) is 29.7 Å². The summed E-state index contributed by atoms with van der Waals surface area (Å²) in [6.07, 6.45) is 2.61. The van der Waals surface area contributed by atoms with E-state index in [2.05, 4.69) is 17.1 Å². The summed E-state index contributed by atoms with van der Waals surface area (Å²) in [6, 6.07) is 21.7. The first-order valence-corrected chi connectivity index (χ1v) is 16.1. The molecule has 4 aromatic rings. The van der Waals surface area contributed by atoms with E-state index < -0.39 is 17.7 Å². The average molecular weight is 614 g/mol. The molecule has 0 saturated carbocycles. The van der Waals surface area contributed by atoms with Crippen molar-refractivity contribution in [1.29, 1.82) is 0 Å². The molecule has 0 spiro atoms. The van der Waals surface area contributed by atoms with Gasteiger partial charge in [0.15, 0.2) is 4.34 Å². The molecular formula is C33H31N3O5S2. The van der Waals surface area contributed by atoms with Gasteiger partial charge in [-0.05, 0) is 60.4 Å². The number of hydrogen-bond donors (Lipinski definition) is 1. The number of ketones is 1. The number of amides is 1. The molecule has 0 bridgehead atoms. The predicted molar refractivity (Wildman–Crippen MR) is 168 cm³/mol. The van der Waals surface area contributed by atoms with Crippen LogP contribution in [0.1, 0.15) is 55.0 Å². The van der Waals surface area contributed by atoms with Crippen LogP contribution in [0.2, 0.25) is 0 Å². The van der Waals surface area contributed by atoms with Gasteiger partial charge in [-0.15, -0.1) is 10.2 Å². The summed E-state index contributed by atoms with van der Waals surface area (Å²) in [5.41, 5.74) is 3.15. The van der Waals surface area contributed by atoms with E-state index in [0.29, 0.717) is 40.0 Å². The molecule has 3 aromatic carbocycles. The molecule has 0 radical (unpaired) electrons. The van der Waals surface area contributed by atoms with Crippen LogP contribution in [0.15, 0.2) is 82.7 Å². The number of fused-ring (bicyclic) bond motifs is 1. The molecule has 1 fully saturated rings. The maximum atomic E-state index is 13.7. The average Bonchev–Trinajstić information content (AvgIpc) is 3.71. The van der Waals surface area contributed by atoms with Gasteiger partial charge in [0.2, 0.25) is 5.13 Å². The minimum atomic E-state index is -0.918. The number of unbranched alkanes of at least 4 members (excludes halogenated alkanes) is 1. The first-order chi connectivity index (χ1) is 20.9. The molecular weight excluding hydrogens is 583 g/mol. The molecule has 2 aliphatic heterocycles. The highest BCUT2D eigenvalue weighted by molar-refractivity contribution is 8.00. The number of carbonyl (C=O) groups excluding carboxylic acids is 2. The number of anilines is 1. The SMILES string of the molecule is CCCCOc1cccc(C2/C(=C(\O)c3ccc4c(c3)CC(C)O4)C(=O)C(=O)N2c2nnc(SCc3ccccc3)s2)c1. The third-order valence-electron chi connectivity index (χ3n) is 7.36. The lowest BCUT2D eigenvalue weighted by Gasteiger charge is -2.23. The molecule has 1 saturated heterocycles. The first-order valence-electron chi connectivity index (χ1n) is 14.3. The standard InChI is InChI=1S/C33H31N3O5S2/c1-3-4-15-40-25-12-8-11-22(18-25)28-27(29(37)23-13-14-26-24(17-23)16-20(2)41-26)30(38)31(39)36(28)32-34-35-33(43-32)42-19-21-9-6-5-7-10-21/h5-14,17-18,20,28,37H,3-4,15-16,19H2,1-2H3/b29-27+. The van der Waals surface area contributed by atoms with Crippen molar-refractivity contribution in [3.8, 4) is 11.5 Å². The molecule has 6 rings (SSSR count). The Balaban J connectivity index is 1.39. The number of thioether (sulfide) groups is 1. The van der Waals surface area contributed by atoms with Gasteiger partial charge in [-0.2, -0.15) is 0 Å². The van der Waals surface area contributed by atoms with Gasteiger partial charge in [-0.3, -0.25) is 14.5 Å². The maximum absolute atomic E-state index is 13.7. The van der Waals surface area contributed by atoms with Gasteiger partial charge < -0.3 is 14.6 Å². The third-order valence-corrected chi connectivity index (χ3v) is 9.49. The van der Waals surface area contributed by atoms with E-state index in [4.69, 9.17) is 9.47 Å². The Morgan fingerprint density at radius 2 is 1.93 bits per heavy atom. The minimum Gasteiger partial charge on any atom is -0.507 e. The number of aromatic nitrogens is 2.